The second-order valence-corrected chi connectivity index (χ2v) is 5.68. The summed E-state index contributed by atoms with van der Waals surface area (Å²) in [5.41, 5.74) is 0.594. The number of aromatic amines is 1. The highest BCUT2D eigenvalue weighted by Gasteiger charge is 2.02. The van der Waals surface area contributed by atoms with Gasteiger partial charge in [0.1, 0.15) is 12.1 Å². The largest absolute Gasteiger partial charge is 0.343 e. The van der Waals surface area contributed by atoms with Gasteiger partial charge >= 0.3 is 5.69 Å². The van der Waals surface area contributed by atoms with Gasteiger partial charge in [-0.1, -0.05) is 18.2 Å². The van der Waals surface area contributed by atoms with E-state index in [0.29, 0.717) is 6.54 Å². The summed E-state index contributed by atoms with van der Waals surface area (Å²) in [4.78, 5) is 13.5. The summed E-state index contributed by atoms with van der Waals surface area (Å²) in [6, 6.07) is 10.4. The van der Waals surface area contributed by atoms with Gasteiger partial charge in [0, 0.05) is 9.75 Å². The van der Waals surface area contributed by atoms with Crippen molar-refractivity contribution in [2.24, 2.45) is 0 Å². The summed E-state index contributed by atoms with van der Waals surface area (Å²) in [6.07, 6.45) is 5.27. The minimum atomic E-state index is -0.247. The van der Waals surface area contributed by atoms with Crippen LogP contribution in [0.4, 0.5) is 4.39 Å². The molecule has 21 heavy (non-hydrogen) atoms. The molecule has 3 rings (SSSR count). The van der Waals surface area contributed by atoms with Crippen molar-refractivity contribution in [1.29, 1.82) is 0 Å². The van der Waals surface area contributed by atoms with Gasteiger partial charge in [-0.3, -0.25) is 4.57 Å². The molecule has 106 valence electrons. The van der Waals surface area contributed by atoms with Crippen LogP contribution >= 0.6 is 11.3 Å². The van der Waals surface area contributed by atoms with E-state index in [4.69, 9.17) is 0 Å². The van der Waals surface area contributed by atoms with Crippen LogP contribution in [0, 0.1) is 5.82 Å². The minimum absolute atomic E-state index is 0.222. The molecule has 0 unspecified atom stereocenters. The second kappa shape index (κ2) is 5.88. The van der Waals surface area contributed by atoms with Crippen LogP contribution in [0.3, 0.4) is 0 Å². The lowest BCUT2D eigenvalue weighted by atomic mass is 10.2. The second-order valence-electron chi connectivity index (χ2n) is 4.48. The van der Waals surface area contributed by atoms with Gasteiger partial charge in [0.15, 0.2) is 0 Å². The van der Waals surface area contributed by atoms with Crippen molar-refractivity contribution in [2.45, 2.75) is 6.54 Å². The molecule has 2 heterocycles. The Balaban J connectivity index is 1.73. The maximum Gasteiger partial charge on any atom is 0.343 e. The van der Waals surface area contributed by atoms with Gasteiger partial charge in [0.2, 0.25) is 0 Å². The van der Waals surface area contributed by atoms with E-state index in [2.05, 4.69) is 10.2 Å². The van der Waals surface area contributed by atoms with E-state index < -0.39 is 0 Å². The number of hydrogen-bond donors (Lipinski definition) is 1. The molecular weight excluding hydrogens is 289 g/mol. The molecule has 0 spiro atoms. The summed E-state index contributed by atoms with van der Waals surface area (Å²) in [7, 11) is 0. The van der Waals surface area contributed by atoms with Crippen LogP contribution in [0.15, 0.2) is 47.5 Å². The number of aromatic nitrogens is 3. The van der Waals surface area contributed by atoms with Gasteiger partial charge in [0.25, 0.3) is 0 Å². The zero-order valence-electron chi connectivity index (χ0n) is 11.0. The first-order chi connectivity index (χ1) is 10.2. The Morgan fingerprint density at radius 2 is 2.19 bits per heavy atom. The molecule has 0 amide bonds. The van der Waals surface area contributed by atoms with E-state index in [-0.39, 0.29) is 11.5 Å². The Bertz CT molecular complexity index is 831. The SMILES string of the molecule is O=c1[nH]ncn1Cc1ccc(/C=C/c2cccc(F)c2)s1. The monoisotopic (exact) mass is 301 g/mol. The molecule has 0 radical (unpaired) electrons. The number of thiophene rings is 1. The zero-order chi connectivity index (χ0) is 14.7. The predicted molar refractivity (Wildman–Crippen MR) is 81.6 cm³/mol. The molecule has 0 aliphatic heterocycles. The van der Waals surface area contributed by atoms with E-state index >= 15 is 0 Å². The molecule has 0 saturated carbocycles. The molecule has 4 nitrogen and oxygen atoms in total. The lowest BCUT2D eigenvalue weighted by molar-refractivity contribution is 0.627. The summed E-state index contributed by atoms with van der Waals surface area (Å²) >= 11 is 1.58. The van der Waals surface area contributed by atoms with Gasteiger partial charge in [-0.2, -0.15) is 5.10 Å². The Morgan fingerprint density at radius 1 is 1.29 bits per heavy atom. The predicted octanol–water partition coefficient (Wildman–Crippen LogP) is 2.99. The molecule has 0 aliphatic rings. The van der Waals surface area contributed by atoms with Crippen molar-refractivity contribution in [3.05, 3.63) is 74.3 Å². The van der Waals surface area contributed by atoms with Gasteiger partial charge in [0.05, 0.1) is 6.54 Å². The molecule has 1 aromatic carbocycles. The van der Waals surface area contributed by atoms with Crippen LogP contribution in [0.25, 0.3) is 12.2 Å². The number of nitrogens with one attached hydrogen (secondary N) is 1. The Labute approximate surface area is 124 Å². The molecule has 6 heteroatoms. The summed E-state index contributed by atoms with van der Waals surface area (Å²) in [6.45, 7) is 0.494. The van der Waals surface area contributed by atoms with E-state index in [1.165, 1.54) is 23.0 Å². The summed E-state index contributed by atoms with van der Waals surface area (Å²) in [5.74, 6) is -0.247. The highest BCUT2D eigenvalue weighted by Crippen LogP contribution is 2.20. The van der Waals surface area contributed by atoms with Crippen molar-refractivity contribution in [3.63, 3.8) is 0 Å². The van der Waals surface area contributed by atoms with Crippen molar-refractivity contribution in [2.75, 3.05) is 0 Å². The number of H-pyrrole nitrogens is 1. The molecule has 0 atom stereocenters. The normalized spacial score (nSPS) is 11.3. The quantitative estimate of drug-likeness (QED) is 0.805. The van der Waals surface area contributed by atoms with E-state index in [1.54, 1.807) is 17.4 Å². The Morgan fingerprint density at radius 3 is 2.95 bits per heavy atom. The van der Waals surface area contributed by atoms with Crippen molar-refractivity contribution >= 4 is 23.5 Å². The number of rotatable bonds is 4. The molecule has 0 bridgehead atoms. The third-order valence-electron chi connectivity index (χ3n) is 2.92. The molecule has 0 aliphatic carbocycles. The molecule has 1 N–H and O–H groups in total. The lowest BCUT2D eigenvalue weighted by Gasteiger charge is -1.95. The summed E-state index contributed by atoms with van der Waals surface area (Å²) < 4.78 is 14.6. The van der Waals surface area contributed by atoms with Crippen LogP contribution in [0.2, 0.25) is 0 Å². The summed E-state index contributed by atoms with van der Waals surface area (Å²) in [5, 5.41) is 6.05. The lowest BCUT2D eigenvalue weighted by Crippen LogP contribution is -2.16. The highest BCUT2D eigenvalue weighted by molar-refractivity contribution is 7.12. The third kappa shape index (κ3) is 3.35. The third-order valence-corrected chi connectivity index (χ3v) is 3.95. The fraction of sp³-hybridized carbons (Fsp3) is 0.0667. The van der Waals surface area contributed by atoms with Gasteiger partial charge in [-0.15, -0.1) is 11.3 Å². The first-order valence-corrected chi connectivity index (χ1v) is 7.14. The van der Waals surface area contributed by atoms with Gasteiger partial charge in [-0.25, -0.2) is 14.3 Å². The number of halogens is 1. The molecule has 3 aromatic rings. The van der Waals surface area contributed by atoms with Gasteiger partial charge in [-0.05, 0) is 35.9 Å². The van der Waals surface area contributed by atoms with Crippen LogP contribution < -0.4 is 5.69 Å². The Kier molecular flexibility index (Phi) is 3.79. The fourth-order valence-electron chi connectivity index (χ4n) is 1.91. The van der Waals surface area contributed by atoms with E-state index in [9.17, 15) is 9.18 Å². The number of nitrogens with zero attached hydrogens (tertiary/aromatic N) is 2. The average molecular weight is 301 g/mol. The van der Waals surface area contributed by atoms with Crippen molar-refractivity contribution < 1.29 is 4.39 Å². The van der Waals surface area contributed by atoms with E-state index in [1.807, 2.05) is 30.4 Å². The molecular formula is C15H12FN3OS. The van der Waals surface area contributed by atoms with Crippen LogP contribution in [-0.2, 0) is 6.54 Å². The maximum absolute atomic E-state index is 13.1. The minimum Gasteiger partial charge on any atom is -0.276 e. The fourth-order valence-corrected chi connectivity index (χ4v) is 2.82. The van der Waals surface area contributed by atoms with Crippen LogP contribution in [0.5, 0.6) is 0 Å². The topological polar surface area (TPSA) is 50.7 Å². The standard InChI is InChI=1S/C15H12FN3OS/c16-12-3-1-2-11(8-12)4-5-13-6-7-14(21-13)9-19-10-17-18-15(19)20/h1-8,10H,9H2,(H,18,20)/b5-4+. The van der Waals surface area contributed by atoms with Crippen molar-refractivity contribution in [3.8, 4) is 0 Å². The van der Waals surface area contributed by atoms with Crippen LogP contribution in [0.1, 0.15) is 15.3 Å². The molecule has 0 fully saturated rings. The van der Waals surface area contributed by atoms with Gasteiger partial charge < -0.3 is 0 Å². The van der Waals surface area contributed by atoms with Crippen molar-refractivity contribution in [1.82, 2.24) is 14.8 Å². The smallest absolute Gasteiger partial charge is 0.276 e. The average Bonchev–Trinajstić information content (AvgIpc) is 3.07. The first kappa shape index (κ1) is 13.5. The Hall–Kier alpha value is -2.47. The molecule has 0 saturated heterocycles. The first-order valence-electron chi connectivity index (χ1n) is 6.33. The number of benzene rings is 1. The highest BCUT2D eigenvalue weighted by atomic mass is 32.1. The van der Waals surface area contributed by atoms with Crippen LogP contribution in [-0.4, -0.2) is 14.8 Å². The number of hydrogen-bond acceptors (Lipinski definition) is 3. The van der Waals surface area contributed by atoms with E-state index in [0.717, 1.165) is 15.3 Å². The maximum atomic E-state index is 13.1. The molecule has 2 aromatic heterocycles. The zero-order valence-corrected chi connectivity index (χ0v) is 11.8.